The highest BCUT2D eigenvalue weighted by molar-refractivity contribution is 9.10. The van der Waals surface area contributed by atoms with Crippen molar-refractivity contribution in [3.8, 4) is 0 Å². The summed E-state index contributed by atoms with van der Waals surface area (Å²) < 4.78 is 13.6. The summed E-state index contributed by atoms with van der Waals surface area (Å²) in [6, 6.07) is 5.35. The van der Waals surface area contributed by atoms with E-state index in [0.717, 1.165) is 5.56 Å². The Hall–Kier alpha value is -0.450. The first-order chi connectivity index (χ1) is 6.63. The third-order valence-corrected chi connectivity index (χ3v) is 2.64. The maximum Gasteiger partial charge on any atom is 0.137 e. The molecule has 14 heavy (non-hydrogen) atoms. The van der Waals surface area contributed by atoms with Crippen molar-refractivity contribution >= 4 is 15.9 Å². The fraction of sp³-hybridized carbons (Fsp3) is 0.400. The fourth-order valence-corrected chi connectivity index (χ4v) is 1.27. The summed E-state index contributed by atoms with van der Waals surface area (Å²) in [6.07, 6.45) is 0. The number of nitrogens with two attached hydrogens (primary N) is 1. The minimum Gasteiger partial charge on any atom is -0.329 e. The Balaban J connectivity index is 2.55. The zero-order chi connectivity index (χ0) is 10.6. The lowest BCUT2D eigenvalue weighted by molar-refractivity contribution is 0.552. The molecule has 0 amide bonds. The van der Waals surface area contributed by atoms with E-state index in [0.29, 0.717) is 17.6 Å². The van der Waals surface area contributed by atoms with Crippen LogP contribution in [0.25, 0.3) is 0 Å². The maximum atomic E-state index is 13.1. The van der Waals surface area contributed by atoms with Crippen molar-refractivity contribution in [2.45, 2.75) is 19.5 Å². The van der Waals surface area contributed by atoms with Crippen molar-refractivity contribution in [2.24, 2.45) is 5.73 Å². The van der Waals surface area contributed by atoms with Crippen molar-refractivity contribution in [3.63, 3.8) is 0 Å². The van der Waals surface area contributed by atoms with Crippen LogP contribution >= 0.6 is 15.9 Å². The van der Waals surface area contributed by atoms with Crippen LogP contribution in [0.15, 0.2) is 22.7 Å². The van der Waals surface area contributed by atoms with Gasteiger partial charge in [-0.3, -0.25) is 0 Å². The predicted octanol–water partition coefficient (Wildman–Crippen LogP) is 2.03. The molecule has 1 atom stereocenters. The molecule has 0 saturated carbocycles. The molecule has 0 aliphatic heterocycles. The number of halogens is 2. The van der Waals surface area contributed by atoms with Gasteiger partial charge in [0.25, 0.3) is 0 Å². The summed E-state index contributed by atoms with van der Waals surface area (Å²) in [5, 5.41) is 3.19. The molecular weight excluding hydrogens is 247 g/mol. The van der Waals surface area contributed by atoms with Crippen LogP contribution < -0.4 is 11.1 Å². The molecule has 2 nitrogen and oxygen atoms in total. The molecule has 1 aromatic carbocycles. The lowest BCUT2D eigenvalue weighted by atomic mass is 10.2. The zero-order valence-corrected chi connectivity index (χ0v) is 9.64. The van der Waals surface area contributed by atoms with Crippen LogP contribution in [-0.4, -0.2) is 12.6 Å². The van der Waals surface area contributed by atoms with E-state index in [9.17, 15) is 4.39 Å². The first-order valence-electron chi connectivity index (χ1n) is 4.51. The summed E-state index contributed by atoms with van der Waals surface area (Å²) in [5.41, 5.74) is 6.37. The van der Waals surface area contributed by atoms with Crippen molar-refractivity contribution < 1.29 is 4.39 Å². The van der Waals surface area contributed by atoms with Gasteiger partial charge in [0, 0.05) is 19.1 Å². The molecule has 1 aromatic rings. The van der Waals surface area contributed by atoms with Gasteiger partial charge in [0.2, 0.25) is 0 Å². The van der Waals surface area contributed by atoms with Gasteiger partial charge < -0.3 is 11.1 Å². The van der Waals surface area contributed by atoms with Crippen LogP contribution in [-0.2, 0) is 6.54 Å². The van der Waals surface area contributed by atoms with E-state index in [1.54, 1.807) is 6.07 Å². The Kier molecular flexibility index (Phi) is 4.51. The molecule has 78 valence electrons. The highest BCUT2D eigenvalue weighted by atomic mass is 79.9. The smallest absolute Gasteiger partial charge is 0.137 e. The quantitative estimate of drug-likeness (QED) is 0.870. The minimum atomic E-state index is -0.232. The molecule has 3 N–H and O–H groups in total. The van der Waals surface area contributed by atoms with Gasteiger partial charge in [-0.15, -0.1) is 0 Å². The molecule has 4 heteroatoms. The molecule has 0 aliphatic rings. The normalized spacial score (nSPS) is 12.9. The number of hydrogen-bond donors (Lipinski definition) is 2. The molecule has 1 rings (SSSR count). The van der Waals surface area contributed by atoms with Gasteiger partial charge in [-0.1, -0.05) is 6.07 Å². The SMILES string of the molecule is C[C@H](CN)NCc1ccc(Br)c(F)c1. The van der Waals surface area contributed by atoms with Gasteiger partial charge in [0.15, 0.2) is 0 Å². The summed E-state index contributed by atoms with van der Waals surface area (Å²) in [4.78, 5) is 0. The van der Waals surface area contributed by atoms with E-state index in [1.165, 1.54) is 6.07 Å². The molecule has 0 spiro atoms. The van der Waals surface area contributed by atoms with Crippen LogP contribution in [0.4, 0.5) is 4.39 Å². The van der Waals surface area contributed by atoms with E-state index in [4.69, 9.17) is 5.73 Å². The fourth-order valence-electron chi connectivity index (χ4n) is 1.03. The first-order valence-corrected chi connectivity index (χ1v) is 5.30. The van der Waals surface area contributed by atoms with E-state index in [1.807, 2.05) is 13.0 Å². The van der Waals surface area contributed by atoms with Gasteiger partial charge in [-0.2, -0.15) is 0 Å². The van der Waals surface area contributed by atoms with E-state index in [-0.39, 0.29) is 11.9 Å². The van der Waals surface area contributed by atoms with Gasteiger partial charge in [0.05, 0.1) is 4.47 Å². The lowest BCUT2D eigenvalue weighted by Crippen LogP contribution is -2.32. The average Bonchev–Trinajstić information content (AvgIpc) is 2.19. The second-order valence-electron chi connectivity index (χ2n) is 3.27. The maximum absolute atomic E-state index is 13.1. The van der Waals surface area contributed by atoms with Crippen LogP contribution in [0.3, 0.4) is 0 Å². The molecule has 0 fully saturated rings. The second-order valence-corrected chi connectivity index (χ2v) is 4.12. The number of rotatable bonds is 4. The minimum absolute atomic E-state index is 0.232. The van der Waals surface area contributed by atoms with Crippen LogP contribution in [0, 0.1) is 5.82 Å². The van der Waals surface area contributed by atoms with Gasteiger partial charge in [0.1, 0.15) is 5.82 Å². The van der Waals surface area contributed by atoms with Gasteiger partial charge in [-0.05, 0) is 40.5 Å². The molecule has 0 radical (unpaired) electrons. The van der Waals surface area contributed by atoms with Crippen molar-refractivity contribution in [2.75, 3.05) is 6.54 Å². The summed E-state index contributed by atoms with van der Waals surface area (Å²) in [5.74, 6) is -0.232. The van der Waals surface area contributed by atoms with Crippen molar-refractivity contribution in [1.29, 1.82) is 0 Å². The Labute approximate surface area is 91.8 Å². The summed E-state index contributed by atoms with van der Waals surface area (Å²) in [6.45, 7) is 3.22. The van der Waals surface area contributed by atoms with Crippen molar-refractivity contribution in [3.05, 3.63) is 34.1 Å². The Bertz CT molecular complexity index is 304. The lowest BCUT2D eigenvalue weighted by Gasteiger charge is -2.11. The van der Waals surface area contributed by atoms with Crippen LogP contribution in [0.1, 0.15) is 12.5 Å². The largest absolute Gasteiger partial charge is 0.329 e. The molecule has 0 saturated heterocycles. The topological polar surface area (TPSA) is 38.0 Å². The standard InChI is InChI=1S/C10H14BrFN2/c1-7(5-13)14-6-8-2-3-9(11)10(12)4-8/h2-4,7,14H,5-6,13H2,1H3/t7-/m1/s1. The molecule has 0 bridgehead atoms. The third-order valence-electron chi connectivity index (χ3n) is 1.99. The van der Waals surface area contributed by atoms with Crippen LogP contribution in [0.2, 0.25) is 0 Å². The number of benzene rings is 1. The monoisotopic (exact) mass is 260 g/mol. The molecule has 0 unspecified atom stereocenters. The predicted molar refractivity (Wildman–Crippen MR) is 59.5 cm³/mol. The highest BCUT2D eigenvalue weighted by Gasteiger charge is 2.02. The Morgan fingerprint density at radius 1 is 1.57 bits per heavy atom. The van der Waals surface area contributed by atoms with Gasteiger partial charge >= 0.3 is 0 Å². The zero-order valence-electron chi connectivity index (χ0n) is 8.06. The third kappa shape index (κ3) is 3.36. The number of nitrogens with one attached hydrogen (secondary N) is 1. The molecule has 0 aliphatic carbocycles. The average molecular weight is 261 g/mol. The second kappa shape index (κ2) is 5.44. The number of hydrogen-bond acceptors (Lipinski definition) is 2. The summed E-state index contributed by atoms with van der Waals surface area (Å²) >= 11 is 3.11. The highest BCUT2D eigenvalue weighted by Crippen LogP contribution is 2.16. The first kappa shape index (κ1) is 11.6. The summed E-state index contributed by atoms with van der Waals surface area (Å²) in [7, 11) is 0. The molecular formula is C10H14BrFN2. The van der Waals surface area contributed by atoms with E-state index < -0.39 is 0 Å². The van der Waals surface area contributed by atoms with Crippen LogP contribution in [0.5, 0.6) is 0 Å². The molecule has 0 aromatic heterocycles. The van der Waals surface area contributed by atoms with Crippen molar-refractivity contribution in [1.82, 2.24) is 5.32 Å². The molecule has 0 heterocycles. The Morgan fingerprint density at radius 3 is 2.86 bits per heavy atom. The van der Waals surface area contributed by atoms with E-state index >= 15 is 0 Å². The Morgan fingerprint density at radius 2 is 2.29 bits per heavy atom. The van der Waals surface area contributed by atoms with E-state index in [2.05, 4.69) is 21.2 Å². The van der Waals surface area contributed by atoms with Gasteiger partial charge in [-0.25, -0.2) is 4.39 Å².